The molecule has 0 bridgehead atoms. The van der Waals surface area contributed by atoms with Crippen LogP contribution in [0.2, 0.25) is 0 Å². The van der Waals surface area contributed by atoms with Gasteiger partial charge in [-0.1, -0.05) is 44.2 Å². The normalized spacial score (nSPS) is 11.5. The fraction of sp³-hybridized carbons (Fsp3) is 0.444. The number of benzene rings is 1. The molecule has 1 N–H and O–H groups in total. The number of rotatable bonds is 8. The molecule has 0 aliphatic heterocycles. The first-order valence-electron chi connectivity index (χ1n) is 7.63. The smallest absolute Gasteiger partial charge is 0.0328 e. The van der Waals surface area contributed by atoms with Crippen LogP contribution >= 0.6 is 11.3 Å². The second kappa shape index (κ2) is 8.32. The fourth-order valence-electron chi connectivity index (χ4n) is 2.30. The summed E-state index contributed by atoms with van der Waals surface area (Å²) in [5, 5.41) is 5.62. The number of hydrogen-bond donors (Lipinski definition) is 1. The van der Waals surface area contributed by atoms with Crippen molar-refractivity contribution in [2.45, 2.75) is 33.5 Å². The lowest BCUT2D eigenvalue weighted by atomic mass is 10.1. The zero-order chi connectivity index (χ0) is 15.1. The Hall–Kier alpha value is -1.16. The Kier molecular flexibility index (Phi) is 6.43. The molecule has 114 valence electrons. The molecule has 0 unspecified atom stereocenters. The Bertz CT molecular complexity index is 503. The van der Waals surface area contributed by atoms with Gasteiger partial charge >= 0.3 is 0 Å². The van der Waals surface area contributed by atoms with Crippen LogP contribution < -0.4 is 5.32 Å². The summed E-state index contributed by atoms with van der Waals surface area (Å²) in [5.74, 6) is 0.704. The van der Waals surface area contributed by atoms with Crippen molar-refractivity contribution in [2.75, 3.05) is 13.6 Å². The molecule has 0 spiro atoms. The molecular weight excluding hydrogens is 276 g/mol. The summed E-state index contributed by atoms with van der Waals surface area (Å²) in [6, 6.07) is 13.3. The maximum absolute atomic E-state index is 3.48. The number of hydrogen-bond acceptors (Lipinski definition) is 3. The molecule has 2 rings (SSSR count). The largest absolute Gasteiger partial charge is 0.312 e. The first-order valence-corrected chi connectivity index (χ1v) is 8.51. The van der Waals surface area contributed by atoms with Crippen LogP contribution in [-0.4, -0.2) is 18.5 Å². The second-order valence-electron chi connectivity index (χ2n) is 6.09. The third-order valence-corrected chi connectivity index (χ3v) is 4.22. The van der Waals surface area contributed by atoms with Gasteiger partial charge in [-0.05, 0) is 42.1 Å². The summed E-state index contributed by atoms with van der Waals surface area (Å²) in [7, 11) is 2.18. The molecule has 0 aliphatic carbocycles. The van der Waals surface area contributed by atoms with Crippen molar-refractivity contribution in [3.63, 3.8) is 0 Å². The highest BCUT2D eigenvalue weighted by atomic mass is 32.1. The first-order chi connectivity index (χ1) is 10.1. The molecule has 21 heavy (non-hydrogen) atoms. The van der Waals surface area contributed by atoms with Gasteiger partial charge in [-0.2, -0.15) is 0 Å². The molecule has 3 heteroatoms. The van der Waals surface area contributed by atoms with E-state index in [1.165, 1.54) is 16.0 Å². The molecular formula is C18H26N2S. The van der Waals surface area contributed by atoms with Crippen LogP contribution in [0.3, 0.4) is 0 Å². The van der Waals surface area contributed by atoms with Crippen molar-refractivity contribution < 1.29 is 0 Å². The van der Waals surface area contributed by atoms with Crippen LogP contribution in [0.5, 0.6) is 0 Å². The van der Waals surface area contributed by atoms with Crippen molar-refractivity contribution in [1.82, 2.24) is 10.2 Å². The van der Waals surface area contributed by atoms with E-state index < -0.39 is 0 Å². The maximum Gasteiger partial charge on any atom is 0.0328 e. The standard InChI is InChI=1S/C18H26N2S/c1-15(2)11-19-12-16-6-8-17(9-7-16)13-20(3)14-18-5-4-10-21-18/h4-10,15,19H,11-14H2,1-3H3. The Balaban J connectivity index is 1.78. The van der Waals surface area contributed by atoms with Gasteiger partial charge in [-0.15, -0.1) is 11.3 Å². The second-order valence-corrected chi connectivity index (χ2v) is 7.13. The number of nitrogens with one attached hydrogen (secondary N) is 1. The molecule has 2 nitrogen and oxygen atoms in total. The minimum absolute atomic E-state index is 0.704. The van der Waals surface area contributed by atoms with Gasteiger partial charge < -0.3 is 5.32 Å². The predicted octanol–water partition coefficient (Wildman–Crippen LogP) is 4.13. The predicted molar refractivity (Wildman–Crippen MR) is 92.5 cm³/mol. The quantitative estimate of drug-likeness (QED) is 0.789. The molecule has 0 saturated heterocycles. The maximum atomic E-state index is 3.48. The monoisotopic (exact) mass is 302 g/mol. The third kappa shape index (κ3) is 6.00. The van der Waals surface area contributed by atoms with Crippen molar-refractivity contribution in [1.29, 1.82) is 0 Å². The first kappa shape index (κ1) is 16.2. The summed E-state index contributed by atoms with van der Waals surface area (Å²) < 4.78 is 0. The van der Waals surface area contributed by atoms with Crippen LogP contribution in [0.15, 0.2) is 41.8 Å². The van der Waals surface area contributed by atoms with E-state index in [1.807, 2.05) is 11.3 Å². The summed E-state index contributed by atoms with van der Waals surface area (Å²) in [6.45, 7) is 8.53. The third-order valence-electron chi connectivity index (χ3n) is 3.36. The molecule has 0 radical (unpaired) electrons. The van der Waals surface area contributed by atoms with E-state index in [0.717, 1.165) is 26.2 Å². The molecule has 0 saturated carbocycles. The van der Waals surface area contributed by atoms with Crippen molar-refractivity contribution in [2.24, 2.45) is 5.92 Å². The number of thiophene rings is 1. The number of nitrogens with zero attached hydrogens (tertiary/aromatic N) is 1. The van der Waals surface area contributed by atoms with Crippen molar-refractivity contribution in [3.8, 4) is 0 Å². The van der Waals surface area contributed by atoms with Gasteiger partial charge in [0.25, 0.3) is 0 Å². The molecule has 1 heterocycles. The van der Waals surface area contributed by atoms with E-state index in [4.69, 9.17) is 0 Å². The van der Waals surface area contributed by atoms with Gasteiger partial charge in [0.05, 0.1) is 0 Å². The average molecular weight is 302 g/mol. The Morgan fingerprint density at radius 3 is 2.38 bits per heavy atom. The van der Waals surface area contributed by atoms with E-state index in [1.54, 1.807) is 0 Å². The molecule has 1 aromatic heterocycles. The van der Waals surface area contributed by atoms with Gasteiger partial charge in [0, 0.05) is 24.5 Å². The van der Waals surface area contributed by atoms with E-state index in [-0.39, 0.29) is 0 Å². The molecule has 1 aromatic carbocycles. The zero-order valence-electron chi connectivity index (χ0n) is 13.3. The molecule has 0 fully saturated rings. The highest BCUT2D eigenvalue weighted by Crippen LogP contribution is 2.13. The minimum Gasteiger partial charge on any atom is -0.312 e. The zero-order valence-corrected chi connectivity index (χ0v) is 14.1. The lowest BCUT2D eigenvalue weighted by Gasteiger charge is -2.16. The van der Waals surface area contributed by atoms with E-state index >= 15 is 0 Å². The molecule has 0 aliphatic rings. The van der Waals surface area contributed by atoms with Gasteiger partial charge in [-0.25, -0.2) is 0 Å². The summed E-state index contributed by atoms with van der Waals surface area (Å²) in [6.07, 6.45) is 0. The van der Waals surface area contributed by atoms with Gasteiger partial charge in [0.2, 0.25) is 0 Å². The topological polar surface area (TPSA) is 15.3 Å². The van der Waals surface area contributed by atoms with E-state index in [2.05, 4.69) is 72.9 Å². The summed E-state index contributed by atoms with van der Waals surface area (Å²) in [4.78, 5) is 3.78. The highest BCUT2D eigenvalue weighted by molar-refractivity contribution is 7.09. The van der Waals surface area contributed by atoms with Crippen LogP contribution in [-0.2, 0) is 19.6 Å². The SMILES string of the molecule is CC(C)CNCc1ccc(CN(C)Cc2cccs2)cc1. The van der Waals surface area contributed by atoms with Gasteiger partial charge in [0.1, 0.15) is 0 Å². The van der Waals surface area contributed by atoms with Crippen LogP contribution in [0.25, 0.3) is 0 Å². The molecule has 0 amide bonds. The van der Waals surface area contributed by atoms with Crippen molar-refractivity contribution >= 4 is 11.3 Å². The van der Waals surface area contributed by atoms with E-state index in [0.29, 0.717) is 5.92 Å². The Morgan fingerprint density at radius 1 is 1.05 bits per heavy atom. The van der Waals surface area contributed by atoms with Crippen LogP contribution in [0, 0.1) is 5.92 Å². The average Bonchev–Trinajstić information content (AvgIpc) is 2.93. The Morgan fingerprint density at radius 2 is 1.76 bits per heavy atom. The molecule has 0 atom stereocenters. The van der Waals surface area contributed by atoms with Gasteiger partial charge in [0.15, 0.2) is 0 Å². The summed E-state index contributed by atoms with van der Waals surface area (Å²) in [5.41, 5.74) is 2.74. The summed E-state index contributed by atoms with van der Waals surface area (Å²) >= 11 is 1.83. The highest BCUT2D eigenvalue weighted by Gasteiger charge is 2.03. The fourth-order valence-corrected chi connectivity index (χ4v) is 3.09. The van der Waals surface area contributed by atoms with Gasteiger partial charge in [-0.3, -0.25) is 4.90 Å². The van der Waals surface area contributed by atoms with Crippen LogP contribution in [0.1, 0.15) is 29.9 Å². The van der Waals surface area contributed by atoms with Crippen LogP contribution in [0.4, 0.5) is 0 Å². The minimum atomic E-state index is 0.704. The lowest BCUT2D eigenvalue weighted by Crippen LogP contribution is -2.19. The Labute approximate surface area is 132 Å². The molecule has 2 aromatic rings. The van der Waals surface area contributed by atoms with E-state index in [9.17, 15) is 0 Å². The lowest BCUT2D eigenvalue weighted by molar-refractivity contribution is 0.322. The van der Waals surface area contributed by atoms with Crippen molar-refractivity contribution in [3.05, 3.63) is 57.8 Å².